The number of halogens is 1. The molecule has 2 amide bonds. The molecule has 0 unspecified atom stereocenters. The van der Waals surface area contributed by atoms with Gasteiger partial charge in [0, 0.05) is 6.54 Å². The number of benzene rings is 1. The lowest BCUT2D eigenvalue weighted by Gasteiger charge is -2.03. The van der Waals surface area contributed by atoms with E-state index in [-0.39, 0.29) is 0 Å². The van der Waals surface area contributed by atoms with Gasteiger partial charge in [-0.3, -0.25) is 9.59 Å². The molecule has 0 radical (unpaired) electrons. The van der Waals surface area contributed by atoms with Crippen molar-refractivity contribution in [3.8, 4) is 5.75 Å². The van der Waals surface area contributed by atoms with E-state index in [0.717, 1.165) is 22.9 Å². The third-order valence-electron chi connectivity index (χ3n) is 2.58. The van der Waals surface area contributed by atoms with Crippen LogP contribution in [-0.4, -0.2) is 31.7 Å². The van der Waals surface area contributed by atoms with Crippen molar-refractivity contribution in [3.63, 3.8) is 0 Å². The van der Waals surface area contributed by atoms with Crippen LogP contribution < -0.4 is 15.5 Å². The molecule has 2 N–H and O–H groups in total. The standard InChI is InChI=1S/C14H18BrN3O3/c1-3-4-7-16-13(19)14(20)18-17-9-10-5-6-12(21-2)11(15)8-10/h5-6,8-9H,3-4,7H2,1-2H3,(H,16,19)(H,18,20)/b17-9-. The van der Waals surface area contributed by atoms with Crippen molar-refractivity contribution in [1.82, 2.24) is 10.7 Å². The molecule has 0 heterocycles. The quantitative estimate of drug-likeness (QED) is 0.353. The van der Waals surface area contributed by atoms with Crippen molar-refractivity contribution in [3.05, 3.63) is 28.2 Å². The number of unbranched alkanes of at least 4 members (excludes halogenated alkanes) is 1. The largest absolute Gasteiger partial charge is 0.496 e. The molecule has 6 nitrogen and oxygen atoms in total. The zero-order valence-corrected chi connectivity index (χ0v) is 13.6. The lowest BCUT2D eigenvalue weighted by atomic mass is 10.2. The third-order valence-corrected chi connectivity index (χ3v) is 3.20. The maximum Gasteiger partial charge on any atom is 0.329 e. The Labute approximate surface area is 132 Å². The number of ether oxygens (including phenoxy) is 1. The minimum absolute atomic E-state index is 0.484. The van der Waals surface area contributed by atoms with E-state index in [1.165, 1.54) is 6.21 Å². The van der Waals surface area contributed by atoms with Crippen molar-refractivity contribution in [1.29, 1.82) is 0 Å². The van der Waals surface area contributed by atoms with Gasteiger partial charge in [-0.05, 0) is 46.1 Å². The van der Waals surface area contributed by atoms with Crippen LogP contribution in [0.1, 0.15) is 25.3 Å². The van der Waals surface area contributed by atoms with Crippen LogP contribution in [0.25, 0.3) is 0 Å². The fourth-order valence-electron chi connectivity index (χ4n) is 1.44. The second-order valence-electron chi connectivity index (χ2n) is 4.20. The van der Waals surface area contributed by atoms with Crippen LogP contribution >= 0.6 is 15.9 Å². The number of hydrogen-bond acceptors (Lipinski definition) is 4. The molecule has 0 aliphatic heterocycles. The summed E-state index contributed by atoms with van der Waals surface area (Å²) in [5.41, 5.74) is 2.94. The average Bonchev–Trinajstić information content (AvgIpc) is 2.47. The summed E-state index contributed by atoms with van der Waals surface area (Å²) < 4.78 is 5.88. The molecule has 1 aromatic carbocycles. The van der Waals surface area contributed by atoms with Crippen LogP contribution in [0.15, 0.2) is 27.8 Å². The smallest absolute Gasteiger partial charge is 0.329 e. The number of methoxy groups -OCH3 is 1. The monoisotopic (exact) mass is 355 g/mol. The molecule has 114 valence electrons. The molecular formula is C14H18BrN3O3. The minimum atomic E-state index is -0.782. The predicted molar refractivity (Wildman–Crippen MR) is 84.3 cm³/mol. The molecule has 1 rings (SSSR count). The third kappa shape index (κ3) is 5.95. The number of hydrogen-bond donors (Lipinski definition) is 2. The van der Waals surface area contributed by atoms with Gasteiger partial charge in [0.15, 0.2) is 0 Å². The van der Waals surface area contributed by atoms with E-state index in [1.54, 1.807) is 25.3 Å². The van der Waals surface area contributed by atoms with Crippen molar-refractivity contribution in [2.45, 2.75) is 19.8 Å². The Morgan fingerprint density at radius 1 is 1.38 bits per heavy atom. The fourth-order valence-corrected chi connectivity index (χ4v) is 2.00. The topological polar surface area (TPSA) is 79.8 Å². The van der Waals surface area contributed by atoms with Gasteiger partial charge in [0.2, 0.25) is 0 Å². The highest BCUT2D eigenvalue weighted by molar-refractivity contribution is 9.10. The molecular weight excluding hydrogens is 338 g/mol. The molecule has 0 atom stereocenters. The summed E-state index contributed by atoms with van der Waals surface area (Å²) in [4.78, 5) is 22.8. The number of carbonyl (C=O) groups is 2. The molecule has 0 saturated heterocycles. The van der Waals surface area contributed by atoms with Crippen LogP contribution in [0.3, 0.4) is 0 Å². The summed E-state index contributed by atoms with van der Waals surface area (Å²) >= 11 is 3.35. The summed E-state index contributed by atoms with van der Waals surface area (Å²) in [6.07, 6.45) is 3.23. The summed E-state index contributed by atoms with van der Waals surface area (Å²) in [5, 5.41) is 6.25. The molecule has 0 saturated carbocycles. The Kier molecular flexibility index (Phi) is 7.45. The molecule has 21 heavy (non-hydrogen) atoms. The Bertz CT molecular complexity index is 532. The van der Waals surface area contributed by atoms with Crippen molar-refractivity contribution >= 4 is 34.0 Å². The molecule has 7 heteroatoms. The summed E-state index contributed by atoms with van der Waals surface area (Å²) in [5.74, 6) is -0.766. The zero-order chi connectivity index (χ0) is 15.7. The molecule has 0 fully saturated rings. The van der Waals surface area contributed by atoms with Gasteiger partial charge in [-0.25, -0.2) is 5.43 Å². The number of amides is 2. The highest BCUT2D eigenvalue weighted by atomic mass is 79.9. The Balaban J connectivity index is 2.48. The summed E-state index contributed by atoms with van der Waals surface area (Å²) in [6, 6.07) is 5.33. The van der Waals surface area contributed by atoms with Gasteiger partial charge in [0.1, 0.15) is 5.75 Å². The van der Waals surface area contributed by atoms with E-state index < -0.39 is 11.8 Å². The van der Waals surface area contributed by atoms with Gasteiger partial charge < -0.3 is 10.1 Å². The van der Waals surface area contributed by atoms with Crippen LogP contribution in [0.2, 0.25) is 0 Å². The molecule has 0 aliphatic carbocycles. The predicted octanol–water partition coefficient (Wildman–Crippen LogP) is 1.82. The van der Waals surface area contributed by atoms with E-state index in [2.05, 4.69) is 31.8 Å². The first kappa shape index (κ1) is 17.2. The number of carbonyl (C=O) groups excluding carboxylic acids is 2. The fraction of sp³-hybridized carbons (Fsp3) is 0.357. The Hall–Kier alpha value is -1.89. The highest BCUT2D eigenvalue weighted by Crippen LogP contribution is 2.24. The van der Waals surface area contributed by atoms with Gasteiger partial charge in [0.25, 0.3) is 0 Å². The van der Waals surface area contributed by atoms with E-state index >= 15 is 0 Å². The Morgan fingerprint density at radius 3 is 2.76 bits per heavy atom. The molecule has 1 aromatic rings. The summed E-state index contributed by atoms with van der Waals surface area (Å²) in [7, 11) is 1.57. The van der Waals surface area contributed by atoms with E-state index in [0.29, 0.717) is 12.3 Å². The van der Waals surface area contributed by atoms with Gasteiger partial charge in [-0.15, -0.1) is 0 Å². The van der Waals surface area contributed by atoms with Gasteiger partial charge in [-0.2, -0.15) is 5.10 Å². The highest BCUT2D eigenvalue weighted by Gasteiger charge is 2.10. The maximum atomic E-state index is 11.4. The first-order valence-electron chi connectivity index (χ1n) is 6.53. The first-order valence-corrected chi connectivity index (χ1v) is 7.32. The molecule has 0 aliphatic rings. The molecule has 0 aromatic heterocycles. The second-order valence-corrected chi connectivity index (χ2v) is 5.06. The SMILES string of the molecule is CCCCNC(=O)C(=O)N/N=C\c1ccc(OC)c(Br)c1. The summed E-state index contributed by atoms with van der Waals surface area (Å²) in [6.45, 7) is 2.49. The van der Waals surface area contributed by atoms with Crippen LogP contribution in [0.4, 0.5) is 0 Å². The first-order chi connectivity index (χ1) is 10.1. The second kappa shape index (κ2) is 9.12. The number of nitrogens with zero attached hydrogens (tertiary/aromatic N) is 1. The van der Waals surface area contributed by atoms with Gasteiger partial charge in [0.05, 0.1) is 17.8 Å². The van der Waals surface area contributed by atoms with Gasteiger partial charge >= 0.3 is 11.8 Å². The lowest BCUT2D eigenvalue weighted by Crippen LogP contribution is -2.38. The van der Waals surface area contributed by atoms with Crippen LogP contribution in [0, 0.1) is 0 Å². The normalized spacial score (nSPS) is 10.4. The lowest BCUT2D eigenvalue weighted by molar-refractivity contribution is -0.139. The van der Waals surface area contributed by atoms with E-state index in [4.69, 9.17) is 4.74 Å². The van der Waals surface area contributed by atoms with Gasteiger partial charge in [-0.1, -0.05) is 13.3 Å². The minimum Gasteiger partial charge on any atom is -0.496 e. The van der Waals surface area contributed by atoms with Crippen molar-refractivity contribution < 1.29 is 14.3 Å². The van der Waals surface area contributed by atoms with E-state index in [9.17, 15) is 9.59 Å². The van der Waals surface area contributed by atoms with E-state index in [1.807, 2.05) is 6.92 Å². The molecule has 0 spiro atoms. The number of hydrazone groups is 1. The number of rotatable bonds is 6. The van der Waals surface area contributed by atoms with Crippen molar-refractivity contribution in [2.24, 2.45) is 5.10 Å². The maximum absolute atomic E-state index is 11.4. The number of nitrogens with one attached hydrogen (secondary N) is 2. The Morgan fingerprint density at radius 2 is 2.14 bits per heavy atom. The van der Waals surface area contributed by atoms with Crippen molar-refractivity contribution in [2.75, 3.05) is 13.7 Å². The zero-order valence-electron chi connectivity index (χ0n) is 12.0. The van der Waals surface area contributed by atoms with Crippen LogP contribution in [0.5, 0.6) is 5.75 Å². The van der Waals surface area contributed by atoms with Crippen LogP contribution in [-0.2, 0) is 9.59 Å². The average molecular weight is 356 g/mol. The molecule has 0 bridgehead atoms.